The van der Waals surface area contributed by atoms with Gasteiger partial charge in [0.15, 0.2) is 0 Å². The van der Waals surface area contributed by atoms with E-state index in [-0.39, 0.29) is 30.3 Å². The van der Waals surface area contributed by atoms with Crippen molar-refractivity contribution >= 4 is 17.8 Å². The molecule has 3 atom stereocenters. The first-order chi connectivity index (χ1) is 11.0. The molecule has 0 aromatic rings. The van der Waals surface area contributed by atoms with Gasteiger partial charge in [-0.3, -0.25) is 14.5 Å². The van der Waals surface area contributed by atoms with Crippen LogP contribution >= 0.6 is 0 Å². The van der Waals surface area contributed by atoms with Crippen LogP contribution in [-0.4, -0.2) is 52.3 Å². The first kappa shape index (κ1) is 16.3. The molecule has 1 saturated carbocycles. The lowest BCUT2D eigenvalue weighted by atomic mass is 9.73. The molecule has 2 aliphatic heterocycles. The monoisotopic (exact) mass is 321 g/mol. The molecule has 1 aliphatic carbocycles. The van der Waals surface area contributed by atoms with Gasteiger partial charge in [-0.2, -0.15) is 0 Å². The van der Waals surface area contributed by atoms with Crippen LogP contribution in [0.1, 0.15) is 58.8 Å². The molecule has 6 heteroatoms. The fraction of sp³-hybridized carbons (Fsp3) is 0.824. The molecule has 0 radical (unpaired) electrons. The third-order valence-electron chi connectivity index (χ3n) is 5.92. The smallest absolute Gasteiger partial charge is 0.325 e. The molecule has 3 fully saturated rings. The van der Waals surface area contributed by atoms with E-state index in [0.29, 0.717) is 6.42 Å². The highest BCUT2D eigenvalue weighted by Gasteiger charge is 2.55. The van der Waals surface area contributed by atoms with E-state index in [4.69, 9.17) is 0 Å². The fourth-order valence-electron chi connectivity index (χ4n) is 4.33. The molecule has 2 saturated heterocycles. The standard InChI is InChI=1S/C17H27N3O3/c1-12-7-3-5-9-17(12)15(22)20(16(23)18-17)11-14(21)19-10-6-4-8-13(19)2/h12-13H,3-11H2,1-2H3,(H,18,23)/t12-,13-,17+/m0/s1. The molecule has 0 unspecified atom stereocenters. The van der Waals surface area contributed by atoms with Crippen molar-refractivity contribution in [3.63, 3.8) is 0 Å². The molecule has 128 valence electrons. The van der Waals surface area contributed by atoms with E-state index in [0.717, 1.165) is 50.0 Å². The summed E-state index contributed by atoms with van der Waals surface area (Å²) in [5.41, 5.74) is -0.775. The predicted octanol–water partition coefficient (Wildman–Crippen LogP) is 1.89. The van der Waals surface area contributed by atoms with Crippen molar-refractivity contribution in [2.24, 2.45) is 5.92 Å². The number of likely N-dealkylation sites (tertiary alicyclic amines) is 1. The van der Waals surface area contributed by atoms with Gasteiger partial charge >= 0.3 is 6.03 Å². The van der Waals surface area contributed by atoms with Crippen LogP contribution in [0.5, 0.6) is 0 Å². The summed E-state index contributed by atoms with van der Waals surface area (Å²) in [6.45, 7) is 4.66. The predicted molar refractivity (Wildman–Crippen MR) is 85.6 cm³/mol. The Hall–Kier alpha value is -1.59. The van der Waals surface area contributed by atoms with Crippen LogP contribution in [-0.2, 0) is 9.59 Å². The van der Waals surface area contributed by atoms with E-state index in [1.165, 1.54) is 0 Å². The van der Waals surface area contributed by atoms with E-state index in [2.05, 4.69) is 5.32 Å². The van der Waals surface area contributed by atoms with Gasteiger partial charge in [-0.15, -0.1) is 0 Å². The number of carbonyl (C=O) groups excluding carboxylic acids is 3. The Morgan fingerprint density at radius 2 is 1.91 bits per heavy atom. The summed E-state index contributed by atoms with van der Waals surface area (Å²) in [6.07, 6.45) is 6.79. The number of hydrogen-bond acceptors (Lipinski definition) is 3. The maximum atomic E-state index is 12.9. The number of nitrogens with zero attached hydrogens (tertiary/aromatic N) is 2. The van der Waals surface area contributed by atoms with Gasteiger partial charge in [0.2, 0.25) is 5.91 Å². The molecule has 0 aromatic heterocycles. The highest BCUT2D eigenvalue weighted by molar-refractivity contribution is 6.09. The van der Waals surface area contributed by atoms with E-state index in [1.54, 1.807) is 0 Å². The van der Waals surface area contributed by atoms with Gasteiger partial charge in [-0.1, -0.05) is 19.8 Å². The average molecular weight is 321 g/mol. The lowest BCUT2D eigenvalue weighted by Gasteiger charge is -2.37. The normalized spacial score (nSPS) is 34.9. The third kappa shape index (κ3) is 2.72. The van der Waals surface area contributed by atoms with Crippen LogP contribution in [0.2, 0.25) is 0 Å². The minimum Gasteiger partial charge on any atom is -0.338 e. The molecular formula is C17H27N3O3. The minimum absolute atomic E-state index is 0.110. The van der Waals surface area contributed by atoms with E-state index < -0.39 is 11.6 Å². The zero-order chi connectivity index (χ0) is 16.6. The summed E-state index contributed by atoms with van der Waals surface area (Å²) in [4.78, 5) is 40.7. The summed E-state index contributed by atoms with van der Waals surface area (Å²) in [7, 11) is 0. The number of carbonyl (C=O) groups is 3. The molecule has 1 spiro atoms. The molecule has 3 aliphatic rings. The molecule has 1 N–H and O–H groups in total. The Morgan fingerprint density at radius 1 is 1.17 bits per heavy atom. The van der Waals surface area contributed by atoms with E-state index in [1.807, 2.05) is 18.7 Å². The average Bonchev–Trinajstić information content (AvgIpc) is 2.76. The SMILES string of the molecule is C[C@H]1CCCCN1C(=O)CN1C(=O)N[C@@]2(CCCC[C@@H]2C)C1=O. The zero-order valence-electron chi connectivity index (χ0n) is 14.1. The van der Waals surface area contributed by atoms with Gasteiger partial charge in [0.25, 0.3) is 5.91 Å². The number of urea groups is 1. The molecule has 6 nitrogen and oxygen atoms in total. The fourth-order valence-corrected chi connectivity index (χ4v) is 4.33. The van der Waals surface area contributed by atoms with Gasteiger partial charge in [-0.05, 0) is 44.9 Å². The highest BCUT2D eigenvalue weighted by Crippen LogP contribution is 2.38. The van der Waals surface area contributed by atoms with Crippen molar-refractivity contribution in [2.45, 2.75) is 70.4 Å². The number of rotatable bonds is 2. The number of hydrogen-bond donors (Lipinski definition) is 1. The van der Waals surface area contributed by atoms with E-state index in [9.17, 15) is 14.4 Å². The maximum Gasteiger partial charge on any atom is 0.325 e. The molecular weight excluding hydrogens is 294 g/mol. The van der Waals surface area contributed by atoms with Gasteiger partial charge in [0, 0.05) is 12.6 Å². The van der Waals surface area contributed by atoms with E-state index >= 15 is 0 Å². The summed E-state index contributed by atoms with van der Waals surface area (Å²) >= 11 is 0. The number of amides is 4. The molecule has 2 heterocycles. The van der Waals surface area contributed by atoms with Crippen LogP contribution in [0.25, 0.3) is 0 Å². The van der Waals surface area contributed by atoms with Crippen LogP contribution in [0, 0.1) is 5.92 Å². The molecule has 0 aromatic carbocycles. The topological polar surface area (TPSA) is 69.7 Å². The van der Waals surface area contributed by atoms with Crippen molar-refractivity contribution in [1.82, 2.24) is 15.1 Å². The van der Waals surface area contributed by atoms with Gasteiger partial charge in [0.05, 0.1) is 0 Å². The van der Waals surface area contributed by atoms with Crippen molar-refractivity contribution < 1.29 is 14.4 Å². The summed E-state index contributed by atoms with van der Waals surface area (Å²) < 4.78 is 0. The van der Waals surface area contributed by atoms with Crippen LogP contribution in [0.3, 0.4) is 0 Å². The third-order valence-corrected chi connectivity index (χ3v) is 5.92. The van der Waals surface area contributed by atoms with Crippen molar-refractivity contribution in [1.29, 1.82) is 0 Å². The van der Waals surface area contributed by atoms with Crippen LogP contribution in [0.15, 0.2) is 0 Å². The Morgan fingerprint density at radius 3 is 2.61 bits per heavy atom. The Bertz CT molecular complexity index is 521. The summed E-state index contributed by atoms with van der Waals surface area (Å²) in [6, 6.07) is -0.207. The molecule has 4 amide bonds. The first-order valence-electron chi connectivity index (χ1n) is 8.89. The zero-order valence-corrected chi connectivity index (χ0v) is 14.1. The second kappa shape index (κ2) is 6.13. The lowest BCUT2D eigenvalue weighted by molar-refractivity contribution is -0.142. The minimum atomic E-state index is -0.775. The first-order valence-corrected chi connectivity index (χ1v) is 8.89. The Kier molecular flexibility index (Phi) is 4.34. The Labute approximate surface area is 137 Å². The maximum absolute atomic E-state index is 12.9. The second-order valence-electron chi connectivity index (χ2n) is 7.37. The second-order valence-corrected chi connectivity index (χ2v) is 7.37. The van der Waals surface area contributed by atoms with Gasteiger partial charge < -0.3 is 10.2 Å². The van der Waals surface area contributed by atoms with Gasteiger partial charge in [-0.25, -0.2) is 4.79 Å². The van der Waals surface area contributed by atoms with Crippen LogP contribution < -0.4 is 5.32 Å². The van der Waals surface area contributed by atoms with Crippen molar-refractivity contribution in [3.8, 4) is 0 Å². The van der Waals surface area contributed by atoms with Gasteiger partial charge in [0.1, 0.15) is 12.1 Å². The summed E-state index contributed by atoms with van der Waals surface area (Å²) in [5, 5.41) is 2.91. The highest BCUT2D eigenvalue weighted by atomic mass is 16.2. The van der Waals surface area contributed by atoms with Crippen molar-refractivity contribution in [2.75, 3.05) is 13.1 Å². The van der Waals surface area contributed by atoms with Crippen molar-refractivity contribution in [3.05, 3.63) is 0 Å². The molecule has 23 heavy (non-hydrogen) atoms. The number of nitrogens with one attached hydrogen (secondary N) is 1. The number of piperidine rings is 1. The molecule has 0 bridgehead atoms. The lowest BCUT2D eigenvalue weighted by Crippen LogP contribution is -2.54. The largest absolute Gasteiger partial charge is 0.338 e. The quantitative estimate of drug-likeness (QED) is 0.790. The summed E-state index contributed by atoms with van der Waals surface area (Å²) in [5.74, 6) is -0.185. The number of imide groups is 1. The van der Waals surface area contributed by atoms with Crippen LogP contribution in [0.4, 0.5) is 4.79 Å². The Balaban J connectivity index is 1.72. The molecule has 3 rings (SSSR count).